The number of rotatable bonds is 4. The number of carbonyl (C=O) groups excluding carboxylic acids is 1. The van der Waals surface area contributed by atoms with Crippen molar-refractivity contribution in [1.29, 1.82) is 0 Å². The molecule has 0 spiro atoms. The average Bonchev–Trinajstić information content (AvgIpc) is 2.27. The fourth-order valence-corrected chi connectivity index (χ4v) is 2.43. The molecule has 2 unspecified atom stereocenters. The van der Waals surface area contributed by atoms with Crippen molar-refractivity contribution in [2.75, 3.05) is 6.54 Å². The summed E-state index contributed by atoms with van der Waals surface area (Å²) < 4.78 is 0. The Bertz CT molecular complexity index is 333. The normalized spacial score (nSPS) is 22.1. The Kier molecular flexibility index (Phi) is 5.39. The largest absolute Gasteiger partial charge is 0.481 e. The molecule has 4 nitrogen and oxygen atoms in total. The van der Waals surface area contributed by atoms with Gasteiger partial charge in [-0.25, -0.2) is 0 Å². The molecule has 0 bridgehead atoms. The Morgan fingerprint density at radius 1 is 1.32 bits per heavy atom. The van der Waals surface area contributed by atoms with E-state index in [1.54, 1.807) is 4.90 Å². The first-order chi connectivity index (χ1) is 8.71. The summed E-state index contributed by atoms with van der Waals surface area (Å²) >= 11 is 0. The van der Waals surface area contributed by atoms with E-state index in [0.717, 1.165) is 19.3 Å². The van der Waals surface area contributed by atoms with Crippen molar-refractivity contribution in [3.05, 3.63) is 0 Å². The number of carboxylic acid groups (broad SMARTS) is 1. The third-order valence-electron chi connectivity index (χ3n) is 4.32. The first kappa shape index (κ1) is 16.0. The van der Waals surface area contributed by atoms with Gasteiger partial charge in [-0.1, -0.05) is 27.7 Å². The predicted molar refractivity (Wildman–Crippen MR) is 74.8 cm³/mol. The highest BCUT2D eigenvalue weighted by molar-refractivity contribution is 5.78. The molecule has 0 aromatic rings. The SMILES string of the molecule is CC(CC(=O)N1CCCCC1CC(=O)O)C(C)(C)C. The fourth-order valence-electron chi connectivity index (χ4n) is 2.43. The summed E-state index contributed by atoms with van der Waals surface area (Å²) in [6, 6.07) is -0.106. The molecule has 1 rings (SSSR count). The van der Waals surface area contributed by atoms with Crippen LogP contribution < -0.4 is 0 Å². The molecule has 0 aliphatic carbocycles. The second-order valence-corrected chi connectivity index (χ2v) is 6.81. The molecule has 1 aliphatic rings. The molecular formula is C15H27NO3. The smallest absolute Gasteiger partial charge is 0.305 e. The number of aliphatic carboxylic acids is 1. The number of piperidine rings is 1. The van der Waals surface area contributed by atoms with Gasteiger partial charge in [-0.2, -0.15) is 0 Å². The van der Waals surface area contributed by atoms with Crippen molar-refractivity contribution in [3.8, 4) is 0 Å². The van der Waals surface area contributed by atoms with Gasteiger partial charge < -0.3 is 10.0 Å². The maximum atomic E-state index is 12.4. The third kappa shape index (κ3) is 4.84. The number of hydrogen-bond acceptors (Lipinski definition) is 2. The van der Waals surface area contributed by atoms with Crippen molar-refractivity contribution in [2.24, 2.45) is 11.3 Å². The third-order valence-corrected chi connectivity index (χ3v) is 4.32. The summed E-state index contributed by atoms with van der Waals surface area (Å²) in [5.41, 5.74) is 0.105. The molecule has 1 fully saturated rings. The molecule has 2 atom stereocenters. The highest BCUT2D eigenvalue weighted by Crippen LogP contribution is 2.30. The van der Waals surface area contributed by atoms with Crippen molar-refractivity contribution in [2.45, 2.75) is 65.8 Å². The summed E-state index contributed by atoms with van der Waals surface area (Å²) in [6.07, 6.45) is 3.43. The highest BCUT2D eigenvalue weighted by atomic mass is 16.4. The number of likely N-dealkylation sites (tertiary alicyclic amines) is 1. The van der Waals surface area contributed by atoms with Gasteiger partial charge in [0, 0.05) is 19.0 Å². The van der Waals surface area contributed by atoms with E-state index < -0.39 is 5.97 Å². The monoisotopic (exact) mass is 269 g/mol. The minimum absolute atomic E-state index is 0.0790. The van der Waals surface area contributed by atoms with Crippen LogP contribution in [0.25, 0.3) is 0 Å². The summed E-state index contributed by atoms with van der Waals surface area (Å²) in [6.45, 7) is 9.21. The van der Waals surface area contributed by atoms with Gasteiger partial charge in [0.15, 0.2) is 0 Å². The number of carboxylic acids is 1. The maximum absolute atomic E-state index is 12.4. The van der Waals surface area contributed by atoms with Gasteiger partial charge in [0.1, 0.15) is 0 Å². The lowest BCUT2D eigenvalue weighted by molar-refractivity contribution is -0.142. The van der Waals surface area contributed by atoms with Gasteiger partial charge in [-0.05, 0) is 30.6 Å². The Labute approximate surface area is 116 Å². The summed E-state index contributed by atoms with van der Waals surface area (Å²) in [7, 11) is 0. The second kappa shape index (κ2) is 6.40. The highest BCUT2D eigenvalue weighted by Gasteiger charge is 2.31. The van der Waals surface area contributed by atoms with Gasteiger partial charge in [-0.3, -0.25) is 9.59 Å². The quantitative estimate of drug-likeness (QED) is 0.853. The lowest BCUT2D eigenvalue weighted by Crippen LogP contribution is -2.45. The van der Waals surface area contributed by atoms with Crippen LogP contribution in [0.4, 0.5) is 0 Å². The van der Waals surface area contributed by atoms with E-state index in [2.05, 4.69) is 27.7 Å². The van der Waals surface area contributed by atoms with Crippen LogP contribution in [-0.4, -0.2) is 34.5 Å². The number of amides is 1. The number of hydrogen-bond donors (Lipinski definition) is 1. The zero-order valence-electron chi connectivity index (χ0n) is 12.6. The van der Waals surface area contributed by atoms with E-state index in [4.69, 9.17) is 5.11 Å². The van der Waals surface area contributed by atoms with Crippen LogP contribution in [0.3, 0.4) is 0 Å². The van der Waals surface area contributed by atoms with E-state index >= 15 is 0 Å². The summed E-state index contributed by atoms with van der Waals surface area (Å²) in [4.78, 5) is 25.1. The van der Waals surface area contributed by atoms with Crippen LogP contribution >= 0.6 is 0 Å². The van der Waals surface area contributed by atoms with Gasteiger partial charge in [0.05, 0.1) is 6.42 Å². The van der Waals surface area contributed by atoms with Crippen LogP contribution in [0.5, 0.6) is 0 Å². The first-order valence-electron chi connectivity index (χ1n) is 7.23. The topological polar surface area (TPSA) is 57.6 Å². The van der Waals surface area contributed by atoms with Crippen molar-refractivity contribution in [1.82, 2.24) is 4.90 Å². The molecule has 0 aromatic carbocycles. The van der Waals surface area contributed by atoms with E-state index in [1.807, 2.05) is 0 Å². The molecule has 110 valence electrons. The first-order valence-corrected chi connectivity index (χ1v) is 7.23. The molecule has 0 saturated carbocycles. The lowest BCUT2D eigenvalue weighted by atomic mass is 9.79. The molecule has 0 radical (unpaired) electrons. The number of carbonyl (C=O) groups is 2. The minimum atomic E-state index is -0.812. The Morgan fingerprint density at radius 2 is 1.95 bits per heavy atom. The number of nitrogens with zero attached hydrogens (tertiary/aromatic N) is 1. The zero-order chi connectivity index (χ0) is 14.6. The predicted octanol–water partition coefficient (Wildman–Crippen LogP) is 2.91. The molecule has 1 heterocycles. The van der Waals surface area contributed by atoms with Gasteiger partial charge in [-0.15, -0.1) is 0 Å². The van der Waals surface area contributed by atoms with Gasteiger partial charge in [0.2, 0.25) is 5.91 Å². The Balaban J connectivity index is 2.64. The van der Waals surface area contributed by atoms with Crippen LogP contribution in [0.2, 0.25) is 0 Å². The van der Waals surface area contributed by atoms with E-state index in [0.29, 0.717) is 18.9 Å². The van der Waals surface area contributed by atoms with Crippen LogP contribution in [0.1, 0.15) is 59.8 Å². The van der Waals surface area contributed by atoms with Crippen LogP contribution in [0.15, 0.2) is 0 Å². The molecular weight excluding hydrogens is 242 g/mol. The van der Waals surface area contributed by atoms with Crippen molar-refractivity contribution < 1.29 is 14.7 Å². The molecule has 1 amide bonds. The molecule has 19 heavy (non-hydrogen) atoms. The fraction of sp³-hybridized carbons (Fsp3) is 0.867. The second-order valence-electron chi connectivity index (χ2n) is 6.81. The minimum Gasteiger partial charge on any atom is -0.481 e. The van der Waals surface area contributed by atoms with Crippen molar-refractivity contribution in [3.63, 3.8) is 0 Å². The van der Waals surface area contributed by atoms with Crippen LogP contribution in [-0.2, 0) is 9.59 Å². The van der Waals surface area contributed by atoms with E-state index in [-0.39, 0.29) is 23.8 Å². The Morgan fingerprint density at radius 3 is 2.47 bits per heavy atom. The lowest BCUT2D eigenvalue weighted by Gasteiger charge is -2.37. The zero-order valence-corrected chi connectivity index (χ0v) is 12.6. The molecule has 4 heteroatoms. The molecule has 1 aliphatic heterocycles. The summed E-state index contributed by atoms with van der Waals surface area (Å²) in [5.74, 6) is -0.394. The molecule has 1 saturated heterocycles. The van der Waals surface area contributed by atoms with E-state index in [1.165, 1.54) is 0 Å². The molecule has 0 aromatic heterocycles. The van der Waals surface area contributed by atoms with E-state index in [9.17, 15) is 9.59 Å². The van der Waals surface area contributed by atoms with Crippen molar-refractivity contribution >= 4 is 11.9 Å². The molecule has 1 N–H and O–H groups in total. The van der Waals surface area contributed by atoms with Gasteiger partial charge >= 0.3 is 5.97 Å². The standard InChI is InChI=1S/C15H27NO3/c1-11(15(2,3)4)9-13(17)16-8-6-5-7-12(16)10-14(18)19/h11-12H,5-10H2,1-4H3,(H,18,19). The Hall–Kier alpha value is -1.06. The maximum Gasteiger partial charge on any atom is 0.305 e. The summed E-state index contributed by atoms with van der Waals surface area (Å²) in [5, 5.41) is 8.94. The van der Waals surface area contributed by atoms with Gasteiger partial charge in [0.25, 0.3) is 0 Å². The van der Waals surface area contributed by atoms with Crippen LogP contribution in [0, 0.1) is 11.3 Å². The average molecular weight is 269 g/mol.